The fourth-order valence-electron chi connectivity index (χ4n) is 2.18. The minimum atomic E-state index is -0.676. The van der Waals surface area contributed by atoms with E-state index < -0.39 is 5.91 Å². The molecule has 8 nitrogen and oxygen atoms in total. The van der Waals surface area contributed by atoms with Crippen molar-refractivity contribution in [3.8, 4) is 11.8 Å². The number of ether oxygens (including phenoxy) is 1. The van der Waals surface area contributed by atoms with E-state index >= 15 is 0 Å². The SMILES string of the molecule is CC(=O)Cn1nc(C(N)=O)c2cc(Oc3ncccn3)ccc21. The number of aromatic nitrogens is 4. The monoisotopic (exact) mass is 311 g/mol. The Morgan fingerprint density at radius 2 is 2.00 bits per heavy atom. The van der Waals surface area contributed by atoms with Crippen LogP contribution in [0.5, 0.6) is 11.8 Å². The summed E-state index contributed by atoms with van der Waals surface area (Å²) >= 11 is 0. The van der Waals surface area contributed by atoms with Gasteiger partial charge in [-0.05, 0) is 31.2 Å². The maximum absolute atomic E-state index is 11.6. The van der Waals surface area contributed by atoms with Gasteiger partial charge in [-0.2, -0.15) is 5.10 Å². The van der Waals surface area contributed by atoms with Crippen LogP contribution in [-0.2, 0) is 11.3 Å². The number of Topliss-reactive ketones (excluding diaryl/α,β-unsaturated/α-hetero) is 1. The highest BCUT2D eigenvalue weighted by Gasteiger charge is 2.16. The number of nitrogens with zero attached hydrogens (tertiary/aromatic N) is 4. The third-order valence-corrected chi connectivity index (χ3v) is 3.08. The topological polar surface area (TPSA) is 113 Å². The highest BCUT2D eigenvalue weighted by molar-refractivity contribution is 6.04. The minimum absolute atomic E-state index is 0.0613. The van der Waals surface area contributed by atoms with Gasteiger partial charge in [-0.1, -0.05) is 0 Å². The molecule has 0 atom stereocenters. The fourth-order valence-corrected chi connectivity index (χ4v) is 2.18. The zero-order valence-corrected chi connectivity index (χ0v) is 12.3. The van der Waals surface area contributed by atoms with Crippen LogP contribution in [-0.4, -0.2) is 31.4 Å². The molecule has 0 spiro atoms. The number of carbonyl (C=O) groups is 2. The van der Waals surface area contributed by atoms with E-state index in [1.54, 1.807) is 36.7 Å². The summed E-state index contributed by atoms with van der Waals surface area (Å²) in [5, 5.41) is 4.62. The molecule has 0 fully saturated rings. The van der Waals surface area contributed by atoms with Crippen LogP contribution in [0.2, 0.25) is 0 Å². The number of fused-ring (bicyclic) bond motifs is 1. The van der Waals surface area contributed by atoms with Crippen molar-refractivity contribution in [1.82, 2.24) is 19.7 Å². The average molecular weight is 311 g/mol. The standard InChI is InChI=1S/C15H13N5O3/c1-9(21)8-20-12-4-3-10(23-15-17-5-2-6-18-15)7-11(12)13(19-20)14(16)22/h2-7H,8H2,1H3,(H2,16,22). The van der Waals surface area contributed by atoms with E-state index in [1.807, 2.05) is 0 Å². The molecule has 0 saturated carbocycles. The summed E-state index contributed by atoms with van der Waals surface area (Å²) < 4.78 is 6.98. The summed E-state index contributed by atoms with van der Waals surface area (Å²) in [6.45, 7) is 1.51. The summed E-state index contributed by atoms with van der Waals surface area (Å²) in [5.74, 6) is -0.317. The molecular formula is C15H13N5O3. The Kier molecular flexibility index (Phi) is 3.71. The highest BCUT2D eigenvalue weighted by Crippen LogP contribution is 2.26. The van der Waals surface area contributed by atoms with Gasteiger partial charge >= 0.3 is 6.01 Å². The van der Waals surface area contributed by atoms with Crippen LogP contribution in [0.15, 0.2) is 36.7 Å². The molecule has 0 bridgehead atoms. The minimum Gasteiger partial charge on any atom is -0.424 e. The Morgan fingerprint density at radius 3 is 2.65 bits per heavy atom. The maximum Gasteiger partial charge on any atom is 0.321 e. The van der Waals surface area contributed by atoms with Gasteiger partial charge in [0.05, 0.1) is 12.1 Å². The third kappa shape index (κ3) is 3.00. The number of hydrogen-bond acceptors (Lipinski definition) is 6. The number of ketones is 1. The number of primary amides is 1. The lowest BCUT2D eigenvalue weighted by molar-refractivity contribution is -0.117. The predicted octanol–water partition coefficient (Wildman–Crippen LogP) is 1.31. The number of nitrogens with two attached hydrogens (primary N) is 1. The molecule has 0 unspecified atom stereocenters. The van der Waals surface area contributed by atoms with Gasteiger partial charge in [0.1, 0.15) is 5.75 Å². The summed E-state index contributed by atoms with van der Waals surface area (Å²) in [7, 11) is 0. The second kappa shape index (κ2) is 5.84. The number of amides is 1. The molecule has 0 radical (unpaired) electrons. The smallest absolute Gasteiger partial charge is 0.321 e. The van der Waals surface area contributed by atoms with Crippen molar-refractivity contribution >= 4 is 22.6 Å². The van der Waals surface area contributed by atoms with Gasteiger partial charge < -0.3 is 10.5 Å². The summed E-state index contributed by atoms with van der Waals surface area (Å²) in [6, 6.07) is 6.86. The summed E-state index contributed by atoms with van der Waals surface area (Å²) in [4.78, 5) is 30.8. The van der Waals surface area contributed by atoms with Crippen LogP contribution in [0.25, 0.3) is 10.9 Å². The van der Waals surface area contributed by atoms with Crippen LogP contribution in [0.4, 0.5) is 0 Å². The average Bonchev–Trinajstić information content (AvgIpc) is 2.86. The lowest BCUT2D eigenvalue weighted by atomic mass is 10.2. The quantitative estimate of drug-likeness (QED) is 0.760. The molecule has 1 aromatic carbocycles. The number of hydrogen-bond donors (Lipinski definition) is 1. The van der Waals surface area contributed by atoms with E-state index in [-0.39, 0.29) is 24.0 Å². The van der Waals surface area contributed by atoms with E-state index in [9.17, 15) is 9.59 Å². The van der Waals surface area contributed by atoms with Gasteiger partial charge in [-0.15, -0.1) is 0 Å². The Bertz CT molecular complexity index is 889. The van der Waals surface area contributed by atoms with Crippen molar-refractivity contribution in [2.75, 3.05) is 0 Å². The van der Waals surface area contributed by atoms with Gasteiger partial charge in [-0.3, -0.25) is 14.3 Å². The lowest BCUT2D eigenvalue weighted by Crippen LogP contribution is -2.14. The number of benzene rings is 1. The normalized spacial score (nSPS) is 10.7. The van der Waals surface area contributed by atoms with Crippen molar-refractivity contribution in [3.05, 3.63) is 42.4 Å². The Morgan fingerprint density at radius 1 is 1.26 bits per heavy atom. The highest BCUT2D eigenvalue weighted by atomic mass is 16.5. The Hall–Kier alpha value is -3.29. The van der Waals surface area contributed by atoms with E-state index in [1.165, 1.54) is 11.6 Å². The molecule has 1 amide bonds. The van der Waals surface area contributed by atoms with Crippen molar-refractivity contribution in [1.29, 1.82) is 0 Å². The molecule has 3 aromatic rings. The Balaban J connectivity index is 2.05. The van der Waals surface area contributed by atoms with E-state index in [0.717, 1.165) is 0 Å². The fraction of sp³-hybridized carbons (Fsp3) is 0.133. The zero-order valence-electron chi connectivity index (χ0n) is 12.3. The number of carbonyl (C=O) groups excluding carboxylic acids is 2. The van der Waals surface area contributed by atoms with Gasteiger partial charge in [0.25, 0.3) is 5.91 Å². The predicted molar refractivity (Wildman–Crippen MR) is 81.0 cm³/mol. The molecule has 0 aliphatic heterocycles. The maximum atomic E-state index is 11.6. The Labute approximate surface area is 130 Å². The van der Waals surface area contributed by atoms with Gasteiger partial charge in [0.2, 0.25) is 0 Å². The van der Waals surface area contributed by atoms with Crippen molar-refractivity contribution in [2.24, 2.45) is 5.73 Å². The van der Waals surface area contributed by atoms with Crippen LogP contribution in [0, 0.1) is 0 Å². The van der Waals surface area contributed by atoms with Gasteiger partial charge in [0.15, 0.2) is 11.5 Å². The first-order valence-electron chi connectivity index (χ1n) is 6.79. The molecule has 3 rings (SSSR count). The first kappa shape index (κ1) is 14.6. The largest absolute Gasteiger partial charge is 0.424 e. The molecule has 0 saturated heterocycles. The van der Waals surface area contributed by atoms with Crippen LogP contribution < -0.4 is 10.5 Å². The summed E-state index contributed by atoms with van der Waals surface area (Å²) in [5.41, 5.74) is 6.07. The second-order valence-electron chi connectivity index (χ2n) is 4.88. The first-order valence-corrected chi connectivity index (χ1v) is 6.79. The molecule has 116 valence electrons. The van der Waals surface area contributed by atoms with Gasteiger partial charge in [0, 0.05) is 17.8 Å². The van der Waals surface area contributed by atoms with E-state index in [4.69, 9.17) is 10.5 Å². The molecule has 23 heavy (non-hydrogen) atoms. The second-order valence-corrected chi connectivity index (χ2v) is 4.88. The van der Waals surface area contributed by atoms with Crippen LogP contribution in [0.3, 0.4) is 0 Å². The molecule has 2 heterocycles. The molecule has 0 aliphatic rings. The molecule has 8 heteroatoms. The first-order chi connectivity index (χ1) is 11.0. The molecular weight excluding hydrogens is 298 g/mol. The third-order valence-electron chi connectivity index (χ3n) is 3.08. The van der Waals surface area contributed by atoms with Crippen molar-refractivity contribution in [2.45, 2.75) is 13.5 Å². The lowest BCUT2D eigenvalue weighted by Gasteiger charge is -2.04. The van der Waals surface area contributed by atoms with E-state index in [0.29, 0.717) is 16.7 Å². The molecule has 0 aliphatic carbocycles. The number of rotatable bonds is 5. The van der Waals surface area contributed by atoms with Gasteiger partial charge in [-0.25, -0.2) is 9.97 Å². The van der Waals surface area contributed by atoms with Crippen molar-refractivity contribution in [3.63, 3.8) is 0 Å². The zero-order chi connectivity index (χ0) is 16.4. The summed E-state index contributed by atoms with van der Waals surface area (Å²) in [6.07, 6.45) is 3.11. The van der Waals surface area contributed by atoms with Crippen LogP contribution >= 0.6 is 0 Å². The van der Waals surface area contributed by atoms with Crippen molar-refractivity contribution < 1.29 is 14.3 Å². The van der Waals surface area contributed by atoms with E-state index in [2.05, 4.69) is 15.1 Å². The molecule has 2 aromatic heterocycles. The van der Waals surface area contributed by atoms with Crippen LogP contribution in [0.1, 0.15) is 17.4 Å². The molecule has 2 N–H and O–H groups in total.